The summed E-state index contributed by atoms with van der Waals surface area (Å²) < 4.78 is 0. The second-order valence-electron chi connectivity index (χ2n) is 4.83. The van der Waals surface area contributed by atoms with E-state index in [1.54, 1.807) is 0 Å². The van der Waals surface area contributed by atoms with E-state index in [0.29, 0.717) is 17.9 Å². The second kappa shape index (κ2) is 5.88. The molecule has 0 bridgehead atoms. The van der Waals surface area contributed by atoms with Crippen molar-refractivity contribution in [3.05, 3.63) is 0 Å². The molecule has 0 aromatic rings. The molecule has 0 aliphatic heterocycles. The summed E-state index contributed by atoms with van der Waals surface area (Å²) in [5.41, 5.74) is 0. The quantitative estimate of drug-likeness (QED) is 0.723. The minimum atomic E-state index is 0.284. The highest BCUT2D eigenvalue weighted by Crippen LogP contribution is 2.32. The van der Waals surface area contributed by atoms with Crippen LogP contribution in [0.15, 0.2) is 0 Å². The summed E-state index contributed by atoms with van der Waals surface area (Å²) in [4.78, 5) is 14.3. The third-order valence-electron chi connectivity index (χ3n) is 3.41. The average Bonchev–Trinajstić information content (AvgIpc) is 2.59. The molecule has 88 valence electrons. The third kappa shape index (κ3) is 3.20. The van der Waals surface area contributed by atoms with Crippen LogP contribution in [-0.4, -0.2) is 28.7 Å². The van der Waals surface area contributed by atoms with Crippen LogP contribution in [0.25, 0.3) is 0 Å². The fraction of sp³-hybridized carbons (Fsp3) is 0.917. The smallest absolute Gasteiger partial charge is 0.226 e. The number of rotatable bonds is 4. The van der Waals surface area contributed by atoms with Crippen molar-refractivity contribution in [2.75, 3.05) is 11.9 Å². The lowest BCUT2D eigenvalue weighted by Gasteiger charge is -2.30. The molecule has 0 aromatic carbocycles. The van der Waals surface area contributed by atoms with Crippen LogP contribution in [0.2, 0.25) is 0 Å². The van der Waals surface area contributed by atoms with Crippen LogP contribution < -0.4 is 0 Å². The Morgan fingerprint density at radius 3 is 2.53 bits per heavy atom. The van der Waals surface area contributed by atoms with E-state index in [1.165, 1.54) is 12.8 Å². The van der Waals surface area contributed by atoms with E-state index >= 15 is 0 Å². The molecule has 1 fully saturated rings. The number of hydrogen-bond donors (Lipinski definition) is 0. The standard InChI is InChI=1S/C12H22BrNO/c1-9(2)14(8-7-13)12(15)11-6-4-5-10(11)3/h9-11H,4-8H2,1-3H3. The van der Waals surface area contributed by atoms with E-state index in [2.05, 4.69) is 36.7 Å². The molecule has 15 heavy (non-hydrogen) atoms. The van der Waals surface area contributed by atoms with E-state index in [0.717, 1.165) is 18.3 Å². The summed E-state index contributed by atoms with van der Waals surface area (Å²) in [6.07, 6.45) is 3.53. The van der Waals surface area contributed by atoms with Crippen molar-refractivity contribution in [1.29, 1.82) is 0 Å². The van der Waals surface area contributed by atoms with Crippen molar-refractivity contribution in [1.82, 2.24) is 4.90 Å². The molecule has 1 amide bonds. The van der Waals surface area contributed by atoms with Crippen molar-refractivity contribution in [2.45, 2.75) is 46.1 Å². The predicted molar refractivity (Wildman–Crippen MR) is 67.1 cm³/mol. The summed E-state index contributed by atoms with van der Waals surface area (Å²) >= 11 is 3.42. The Labute approximate surface area is 102 Å². The van der Waals surface area contributed by atoms with Crippen LogP contribution in [0.4, 0.5) is 0 Å². The molecule has 0 radical (unpaired) electrons. The lowest BCUT2D eigenvalue weighted by atomic mass is 9.96. The van der Waals surface area contributed by atoms with Gasteiger partial charge in [0.2, 0.25) is 5.91 Å². The normalized spacial score (nSPS) is 25.9. The molecule has 2 atom stereocenters. The van der Waals surface area contributed by atoms with Crippen molar-refractivity contribution in [3.63, 3.8) is 0 Å². The van der Waals surface area contributed by atoms with Crippen LogP contribution in [0.3, 0.4) is 0 Å². The van der Waals surface area contributed by atoms with Gasteiger partial charge in [0.1, 0.15) is 0 Å². The Kier molecular flexibility index (Phi) is 5.10. The van der Waals surface area contributed by atoms with Gasteiger partial charge < -0.3 is 4.90 Å². The topological polar surface area (TPSA) is 20.3 Å². The maximum atomic E-state index is 12.3. The molecule has 2 unspecified atom stereocenters. The van der Waals surface area contributed by atoms with Crippen LogP contribution >= 0.6 is 15.9 Å². The minimum Gasteiger partial charge on any atom is -0.339 e. The van der Waals surface area contributed by atoms with Gasteiger partial charge in [-0.1, -0.05) is 29.3 Å². The lowest BCUT2D eigenvalue weighted by Crippen LogP contribution is -2.42. The fourth-order valence-corrected chi connectivity index (χ4v) is 2.82. The zero-order valence-corrected chi connectivity index (χ0v) is 11.6. The summed E-state index contributed by atoms with van der Waals surface area (Å²) in [6.45, 7) is 7.24. The SMILES string of the molecule is CC1CCCC1C(=O)N(CCBr)C(C)C. The molecular formula is C12H22BrNO. The third-order valence-corrected chi connectivity index (χ3v) is 3.77. The van der Waals surface area contributed by atoms with Crippen molar-refractivity contribution in [2.24, 2.45) is 11.8 Å². The van der Waals surface area contributed by atoms with E-state index < -0.39 is 0 Å². The molecule has 0 spiro atoms. The van der Waals surface area contributed by atoms with Gasteiger partial charge in [0.15, 0.2) is 0 Å². The summed E-state index contributed by atoms with van der Waals surface area (Å²) in [5.74, 6) is 1.23. The van der Waals surface area contributed by atoms with E-state index in [-0.39, 0.29) is 5.92 Å². The first-order valence-corrected chi connectivity index (χ1v) is 7.06. The zero-order chi connectivity index (χ0) is 11.4. The van der Waals surface area contributed by atoms with E-state index in [9.17, 15) is 4.79 Å². The molecule has 1 aliphatic rings. The van der Waals surface area contributed by atoms with Crippen LogP contribution in [0, 0.1) is 11.8 Å². The first kappa shape index (κ1) is 13.0. The fourth-order valence-electron chi connectivity index (χ4n) is 2.44. The van der Waals surface area contributed by atoms with Gasteiger partial charge in [0, 0.05) is 23.8 Å². The number of amides is 1. The molecule has 1 saturated carbocycles. The number of halogens is 1. The maximum Gasteiger partial charge on any atom is 0.226 e. The van der Waals surface area contributed by atoms with E-state index in [4.69, 9.17) is 0 Å². The molecule has 1 aliphatic carbocycles. The van der Waals surface area contributed by atoms with Gasteiger partial charge in [-0.3, -0.25) is 4.79 Å². The number of alkyl halides is 1. The minimum absolute atomic E-state index is 0.284. The summed E-state index contributed by atoms with van der Waals surface area (Å²) in [6, 6.07) is 0.322. The predicted octanol–water partition coefficient (Wildman–Crippen LogP) is 3.05. The van der Waals surface area contributed by atoms with E-state index in [1.807, 2.05) is 4.90 Å². The highest BCUT2D eigenvalue weighted by atomic mass is 79.9. The first-order chi connectivity index (χ1) is 7.07. The Hall–Kier alpha value is -0.0500. The highest BCUT2D eigenvalue weighted by Gasteiger charge is 2.33. The Balaban J connectivity index is 2.62. The average molecular weight is 276 g/mol. The van der Waals surface area contributed by atoms with Gasteiger partial charge in [-0.05, 0) is 32.6 Å². The second-order valence-corrected chi connectivity index (χ2v) is 5.62. The van der Waals surface area contributed by atoms with Gasteiger partial charge in [0.05, 0.1) is 0 Å². The molecule has 0 saturated heterocycles. The number of hydrogen-bond acceptors (Lipinski definition) is 1. The molecule has 0 aromatic heterocycles. The first-order valence-electron chi connectivity index (χ1n) is 5.94. The van der Waals surface area contributed by atoms with Crippen LogP contribution in [0.5, 0.6) is 0 Å². The van der Waals surface area contributed by atoms with Gasteiger partial charge in [0.25, 0.3) is 0 Å². The summed E-state index contributed by atoms with van der Waals surface area (Å²) in [5, 5.41) is 0.873. The molecular weight excluding hydrogens is 254 g/mol. The Morgan fingerprint density at radius 1 is 1.47 bits per heavy atom. The van der Waals surface area contributed by atoms with Crippen molar-refractivity contribution >= 4 is 21.8 Å². The van der Waals surface area contributed by atoms with Crippen LogP contribution in [-0.2, 0) is 4.79 Å². The lowest BCUT2D eigenvalue weighted by molar-refractivity contribution is -0.137. The zero-order valence-electron chi connectivity index (χ0n) is 10.0. The monoisotopic (exact) mass is 275 g/mol. The van der Waals surface area contributed by atoms with Gasteiger partial charge >= 0.3 is 0 Å². The van der Waals surface area contributed by atoms with Gasteiger partial charge in [-0.25, -0.2) is 0 Å². The molecule has 2 nitrogen and oxygen atoms in total. The van der Waals surface area contributed by atoms with Gasteiger partial charge in [-0.2, -0.15) is 0 Å². The van der Waals surface area contributed by atoms with Crippen LogP contribution in [0.1, 0.15) is 40.0 Å². The molecule has 0 heterocycles. The Morgan fingerprint density at radius 2 is 2.13 bits per heavy atom. The van der Waals surface area contributed by atoms with Crippen molar-refractivity contribution < 1.29 is 4.79 Å². The molecule has 1 rings (SSSR count). The Bertz CT molecular complexity index is 218. The largest absolute Gasteiger partial charge is 0.339 e. The summed E-state index contributed by atoms with van der Waals surface area (Å²) in [7, 11) is 0. The molecule has 3 heteroatoms. The highest BCUT2D eigenvalue weighted by molar-refractivity contribution is 9.09. The molecule has 0 N–H and O–H groups in total. The van der Waals surface area contributed by atoms with Gasteiger partial charge in [-0.15, -0.1) is 0 Å². The number of nitrogens with zero attached hydrogens (tertiary/aromatic N) is 1. The maximum absolute atomic E-state index is 12.3. The number of carbonyl (C=O) groups excluding carboxylic acids is 1. The van der Waals surface area contributed by atoms with Crippen molar-refractivity contribution in [3.8, 4) is 0 Å². The number of carbonyl (C=O) groups is 1.